The number of anilines is 1. The maximum absolute atomic E-state index is 5.77. The number of hydrogen-bond acceptors (Lipinski definition) is 4. The van der Waals surface area contributed by atoms with Crippen LogP contribution in [0.15, 0.2) is 71.3 Å². The molecule has 1 N–H and O–H groups in total. The van der Waals surface area contributed by atoms with E-state index in [0.29, 0.717) is 24.8 Å². The van der Waals surface area contributed by atoms with E-state index in [9.17, 15) is 0 Å². The van der Waals surface area contributed by atoms with E-state index in [1.165, 1.54) is 0 Å². The van der Waals surface area contributed by atoms with Gasteiger partial charge in [-0.05, 0) is 49.5 Å². The Hall–Kier alpha value is -2.99. The SMILES string of the molecule is CCOc1ccccc1CN(Cc1ccco1)C(=S)Nc1cccc(OC)c1. The molecular formula is C22H24N2O3S. The van der Waals surface area contributed by atoms with Gasteiger partial charge < -0.3 is 24.1 Å². The van der Waals surface area contributed by atoms with Crippen LogP contribution in [-0.4, -0.2) is 23.7 Å². The number of ether oxygens (including phenoxy) is 2. The van der Waals surface area contributed by atoms with Gasteiger partial charge in [0.25, 0.3) is 0 Å². The topological polar surface area (TPSA) is 46.9 Å². The molecule has 3 aromatic rings. The van der Waals surface area contributed by atoms with Crippen LogP contribution in [0.4, 0.5) is 5.69 Å². The van der Waals surface area contributed by atoms with E-state index in [-0.39, 0.29) is 0 Å². The average Bonchev–Trinajstić information content (AvgIpc) is 3.22. The number of benzene rings is 2. The van der Waals surface area contributed by atoms with Crippen LogP contribution in [0.3, 0.4) is 0 Å². The zero-order valence-electron chi connectivity index (χ0n) is 16.1. The Morgan fingerprint density at radius 1 is 1.07 bits per heavy atom. The second kappa shape index (κ2) is 9.80. The van der Waals surface area contributed by atoms with Crippen molar-refractivity contribution in [3.63, 3.8) is 0 Å². The standard InChI is InChI=1S/C22H24N2O3S/c1-3-26-21-12-5-4-8-17(21)15-24(16-20-11-7-13-27-20)22(28)23-18-9-6-10-19(14-18)25-2/h4-14H,3,15-16H2,1-2H3,(H,23,28). The fourth-order valence-electron chi connectivity index (χ4n) is 2.83. The van der Waals surface area contributed by atoms with Crippen molar-refractivity contribution in [2.75, 3.05) is 19.0 Å². The lowest BCUT2D eigenvalue weighted by atomic mass is 10.2. The Balaban J connectivity index is 1.81. The molecule has 0 saturated carbocycles. The molecule has 0 fully saturated rings. The number of methoxy groups -OCH3 is 1. The van der Waals surface area contributed by atoms with Gasteiger partial charge in [0.15, 0.2) is 5.11 Å². The fourth-order valence-corrected chi connectivity index (χ4v) is 3.08. The first-order valence-electron chi connectivity index (χ1n) is 9.12. The minimum Gasteiger partial charge on any atom is -0.497 e. The van der Waals surface area contributed by atoms with Crippen LogP contribution < -0.4 is 14.8 Å². The van der Waals surface area contributed by atoms with Gasteiger partial charge in [0.05, 0.1) is 26.5 Å². The molecule has 5 nitrogen and oxygen atoms in total. The van der Waals surface area contributed by atoms with Crippen LogP contribution in [0, 0.1) is 0 Å². The molecular weight excluding hydrogens is 372 g/mol. The summed E-state index contributed by atoms with van der Waals surface area (Å²) in [5.41, 5.74) is 1.93. The quantitative estimate of drug-likeness (QED) is 0.536. The Kier molecular flexibility index (Phi) is 6.92. The molecule has 6 heteroatoms. The molecule has 0 aliphatic carbocycles. The summed E-state index contributed by atoms with van der Waals surface area (Å²) in [5.74, 6) is 2.47. The third-order valence-corrected chi connectivity index (χ3v) is 4.53. The van der Waals surface area contributed by atoms with Gasteiger partial charge in [0.2, 0.25) is 0 Å². The van der Waals surface area contributed by atoms with E-state index >= 15 is 0 Å². The van der Waals surface area contributed by atoms with Crippen molar-refractivity contribution in [3.05, 3.63) is 78.3 Å². The summed E-state index contributed by atoms with van der Waals surface area (Å²) in [7, 11) is 1.64. The third-order valence-electron chi connectivity index (χ3n) is 4.17. The molecule has 2 aromatic carbocycles. The van der Waals surface area contributed by atoms with Crippen molar-refractivity contribution >= 4 is 23.0 Å². The molecule has 0 radical (unpaired) electrons. The van der Waals surface area contributed by atoms with Gasteiger partial charge in [-0.2, -0.15) is 0 Å². The van der Waals surface area contributed by atoms with E-state index in [2.05, 4.69) is 5.32 Å². The smallest absolute Gasteiger partial charge is 0.174 e. The zero-order valence-corrected chi connectivity index (χ0v) is 16.9. The Labute approximate surface area is 170 Å². The number of rotatable bonds is 8. The highest BCUT2D eigenvalue weighted by Gasteiger charge is 2.15. The molecule has 1 heterocycles. The second-order valence-corrected chi connectivity index (χ2v) is 6.52. The number of furan rings is 1. The Morgan fingerprint density at radius 3 is 2.68 bits per heavy atom. The van der Waals surface area contributed by atoms with E-state index in [1.807, 2.05) is 72.5 Å². The van der Waals surface area contributed by atoms with Crippen molar-refractivity contribution in [2.45, 2.75) is 20.0 Å². The van der Waals surface area contributed by atoms with Crippen molar-refractivity contribution in [1.29, 1.82) is 0 Å². The van der Waals surface area contributed by atoms with Crippen LogP contribution in [0.25, 0.3) is 0 Å². The summed E-state index contributed by atoms with van der Waals surface area (Å²) in [4.78, 5) is 2.05. The first-order valence-corrected chi connectivity index (χ1v) is 9.53. The Bertz CT molecular complexity index is 896. The largest absolute Gasteiger partial charge is 0.497 e. The molecule has 0 unspecified atom stereocenters. The van der Waals surface area contributed by atoms with Gasteiger partial charge in [-0.1, -0.05) is 24.3 Å². The predicted octanol–water partition coefficient (Wildman–Crippen LogP) is 5.09. The van der Waals surface area contributed by atoms with Crippen molar-refractivity contribution in [1.82, 2.24) is 4.90 Å². The normalized spacial score (nSPS) is 10.4. The molecule has 0 aliphatic heterocycles. The van der Waals surface area contributed by atoms with Crippen LogP contribution >= 0.6 is 12.2 Å². The lowest BCUT2D eigenvalue weighted by Crippen LogP contribution is -2.33. The zero-order chi connectivity index (χ0) is 19.8. The lowest BCUT2D eigenvalue weighted by molar-refractivity contribution is 0.320. The van der Waals surface area contributed by atoms with Crippen molar-refractivity contribution < 1.29 is 13.9 Å². The molecule has 1 aromatic heterocycles. The number of nitrogens with one attached hydrogen (secondary N) is 1. The molecule has 0 saturated heterocycles. The minimum absolute atomic E-state index is 0.545. The van der Waals surface area contributed by atoms with Crippen LogP contribution in [0.1, 0.15) is 18.2 Å². The highest BCUT2D eigenvalue weighted by molar-refractivity contribution is 7.80. The highest BCUT2D eigenvalue weighted by atomic mass is 32.1. The van der Waals surface area contributed by atoms with Gasteiger partial charge in [-0.15, -0.1) is 0 Å². The number of nitrogens with zero attached hydrogens (tertiary/aromatic N) is 1. The lowest BCUT2D eigenvalue weighted by Gasteiger charge is -2.26. The fraction of sp³-hybridized carbons (Fsp3) is 0.227. The third kappa shape index (κ3) is 5.27. The highest BCUT2D eigenvalue weighted by Crippen LogP contribution is 2.23. The van der Waals surface area contributed by atoms with Crippen molar-refractivity contribution in [2.24, 2.45) is 0 Å². The van der Waals surface area contributed by atoms with Crippen molar-refractivity contribution in [3.8, 4) is 11.5 Å². The average molecular weight is 397 g/mol. The molecule has 0 bridgehead atoms. The molecule has 0 spiro atoms. The summed E-state index contributed by atoms with van der Waals surface area (Å²) in [6.45, 7) is 3.73. The maximum Gasteiger partial charge on any atom is 0.174 e. The molecule has 28 heavy (non-hydrogen) atoms. The molecule has 0 amide bonds. The van der Waals surface area contributed by atoms with Gasteiger partial charge in [0, 0.05) is 23.9 Å². The number of thiocarbonyl (C=S) groups is 1. The summed E-state index contributed by atoms with van der Waals surface area (Å²) in [6.07, 6.45) is 1.67. The van der Waals surface area contributed by atoms with Gasteiger partial charge in [-0.3, -0.25) is 0 Å². The predicted molar refractivity (Wildman–Crippen MR) is 115 cm³/mol. The molecule has 146 valence electrons. The summed E-state index contributed by atoms with van der Waals surface area (Å²) < 4.78 is 16.6. The monoisotopic (exact) mass is 396 g/mol. The van der Waals surface area contributed by atoms with Crippen LogP contribution in [-0.2, 0) is 13.1 Å². The first kappa shape index (κ1) is 19.8. The minimum atomic E-state index is 0.545. The molecule has 0 aliphatic rings. The summed E-state index contributed by atoms with van der Waals surface area (Å²) >= 11 is 5.71. The first-order chi connectivity index (χ1) is 13.7. The Morgan fingerprint density at radius 2 is 1.93 bits per heavy atom. The van der Waals surface area contributed by atoms with E-state index in [0.717, 1.165) is 28.5 Å². The van der Waals surface area contributed by atoms with Gasteiger partial charge >= 0.3 is 0 Å². The number of para-hydroxylation sites is 1. The van der Waals surface area contributed by atoms with Gasteiger partial charge in [0.1, 0.15) is 17.3 Å². The van der Waals surface area contributed by atoms with E-state index in [4.69, 9.17) is 26.1 Å². The molecule has 0 atom stereocenters. The van der Waals surface area contributed by atoms with E-state index in [1.54, 1.807) is 13.4 Å². The maximum atomic E-state index is 5.77. The van der Waals surface area contributed by atoms with Gasteiger partial charge in [-0.25, -0.2) is 0 Å². The number of hydrogen-bond donors (Lipinski definition) is 1. The molecule has 3 rings (SSSR count). The van der Waals surface area contributed by atoms with Crippen LogP contribution in [0.2, 0.25) is 0 Å². The van der Waals surface area contributed by atoms with E-state index < -0.39 is 0 Å². The summed E-state index contributed by atoms with van der Waals surface area (Å²) in [6, 6.07) is 19.5. The summed E-state index contributed by atoms with van der Waals surface area (Å²) in [5, 5.41) is 3.89. The second-order valence-electron chi connectivity index (χ2n) is 6.14. The van der Waals surface area contributed by atoms with Crippen LogP contribution in [0.5, 0.6) is 11.5 Å².